The monoisotopic (exact) mass is 477 g/mol. The fourth-order valence-corrected chi connectivity index (χ4v) is 6.20. The average molecular weight is 478 g/mol. The standard InChI is InChI=1S/C24H29F2N3O3S/c1-33(31,32)28(15-21-22(25)7-4-8-23(21)26)11-12-29-17-9-10-18(29)14-16(13-17)19-5-2-3-6-20(19)24(27)30/h2-8,16-18H,9-15H2,1H3,(H2,27,30). The molecule has 1 amide bonds. The summed E-state index contributed by atoms with van der Waals surface area (Å²) in [6.45, 7) is 0.305. The molecule has 2 aliphatic heterocycles. The quantitative estimate of drug-likeness (QED) is 0.633. The van der Waals surface area contributed by atoms with Crippen LogP contribution in [0.5, 0.6) is 0 Å². The van der Waals surface area contributed by atoms with Crippen LogP contribution in [0.25, 0.3) is 0 Å². The van der Waals surface area contributed by atoms with Gasteiger partial charge in [0.05, 0.1) is 6.26 Å². The Labute approximate surface area is 193 Å². The topological polar surface area (TPSA) is 83.7 Å². The number of carbonyl (C=O) groups is 1. The normalized spacial score (nSPS) is 23.2. The zero-order valence-corrected chi connectivity index (χ0v) is 19.4. The Bertz CT molecular complexity index is 1110. The first-order valence-corrected chi connectivity index (χ1v) is 13.0. The molecule has 9 heteroatoms. The fourth-order valence-electron chi connectivity index (χ4n) is 5.42. The van der Waals surface area contributed by atoms with Gasteiger partial charge in [-0.05, 0) is 55.4 Å². The lowest BCUT2D eigenvalue weighted by Gasteiger charge is -2.40. The largest absolute Gasteiger partial charge is 0.366 e. The van der Waals surface area contributed by atoms with Crippen LogP contribution in [-0.4, -0.2) is 55.0 Å². The maximum atomic E-state index is 14.1. The minimum atomic E-state index is -3.66. The van der Waals surface area contributed by atoms with Crippen molar-refractivity contribution in [1.82, 2.24) is 9.21 Å². The molecular weight excluding hydrogens is 448 g/mol. The van der Waals surface area contributed by atoms with Gasteiger partial charge in [-0.1, -0.05) is 24.3 Å². The van der Waals surface area contributed by atoms with Crippen LogP contribution in [0.4, 0.5) is 8.78 Å². The number of hydrogen-bond donors (Lipinski definition) is 1. The van der Waals surface area contributed by atoms with Crippen molar-refractivity contribution in [1.29, 1.82) is 0 Å². The third kappa shape index (κ3) is 5.10. The summed E-state index contributed by atoms with van der Waals surface area (Å²) in [6, 6.07) is 11.5. The van der Waals surface area contributed by atoms with Gasteiger partial charge in [0.25, 0.3) is 0 Å². The van der Waals surface area contributed by atoms with E-state index in [0.717, 1.165) is 53.9 Å². The van der Waals surface area contributed by atoms with Crippen LogP contribution in [-0.2, 0) is 16.6 Å². The molecule has 4 rings (SSSR count). The molecule has 2 bridgehead atoms. The Kier molecular flexibility index (Phi) is 6.83. The lowest BCUT2D eigenvalue weighted by molar-refractivity contribution is 0.0992. The van der Waals surface area contributed by atoms with Crippen LogP contribution in [0.3, 0.4) is 0 Å². The van der Waals surface area contributed by atoms with E-state index in [2.05, 4.69) is 4.90 Å². The average Bonchev–Trinajstić information content (AvgIpc) is 2.99. The summed E-state index contributed by atoms with van der Waals surface area (Å²) in [5.41, 5.74) is 6.87. The summed E-state index contributed by atoms with van der Waals surface area (Å²) in [6.07, 6.45) is 4.79. The molecule has 2 aromatic carbocycles. The third-order valence-electron chi connectivity index (χ3n) is 7.02. The Balaban J connectivity index is 1.46. The van der Waals surface area contributed by atoms with Gasteiger partial charge in [0.1, 0.15) is 11.6 Å². The van der Waals surface area contributed by atoms with Crippen molar-refractivity contribution >= 4 is 15.9 Å². The summed E-state index contributed by atoms with van der Waals surface area (Å²) in [5.74, 6) is -1.71. The van der Waals surface area contributed by atoms with E-state index < -0.39 is 27.6 Å². The number of nitrogens with two attached hydrogens (primary N) is 1. The SMILES string of the molecule is CS(=O)(=O)N(CCN1C2CCC1CC(c1ccccc1C(N)=O)C2)Cc1c(F)cccc1F. The highest BCUT2D eigenvalue weighted by Gasteiger charge is 2.41. The molecule has 0 aromatic heterocycles. The van der Waals surface area contributed by atoms with E-state index in [4.69, 9.17) is 5.73 Å². The van der Waals surface area contributed by atoms with Crippen LogP contribution < -0.4 is 5.73 Å². The Morgan fingerprint density at radius 1 is 1.06 bits per heavy atom. The Hall–Kier alpha value is -2.36. The van der Waals surface area contributed by atoms with Crippen LogP contribution in [0.2, 0.25) is 0 Å². The number of nitrogens with zero attached hydrogens (tertiary/aromatic N) is 2. The van der Waals surface area contributed by atoms with Crippen molar-refractivity contribution < 1.29 is 22.0 Å². The predicted octanol–water partition coefficient (Wildman–Crippen LogP) is 3.24. The van der Waals surface area contributed by atoms with Gasteiger partial charge in [-0.3, -0.25) is 9.69 Å². The number of fused-ring (bicyclic) bond motifs is 2. The maximum absolute atomic E-state index is 14.1. The molecule has 0 radical (unpaired) electrons. The highest BCUT2D eigenvalue weighted by atomic mass is 32.2. The van der Waals surface area contributed by atoms with E-state index in [1.807, 2.05) is 18.2 Å². The van der Waals surface area contributed by atoms with Gasteiger partial charge in [0.15, 0.2) is 0 Å². The van der Waals surface area contributed by atoms with E-state index in [9.17, 15) is 22.0 Å². The van der Waals surface area contributed by atoms with Crippen LogP contribution in [0.15, 0.2) is 42.5 Å². The zero-order chi connectivity index (χ0) is 23.8. The van der Waals surface area contributed by atoms with Gasteiger partial charge >= 0.3 is 0 Å². The molecule has 0 saturated carbocycles. The zero-order valence-electron chi connectivity index (χ0n) is 18.6. The molecule has 2 heterocycles. The number of amides is 1. The molecule has 33 heavy (non-hydrogen) atoms. The third-order valence-corrected chi connectivity index (χ3v) is 8.27. The van der Waals surface area contributed by atoms with Crippen molar-refractivity contribution in [3.8, 4) is 0 Å². The fraction of sp³-hybridized carbons (Fsp3) is 0.458. The minimum absolute atomic E-state index is 0.155. The summed E-state index contributed by atoms with van der Waals surface area (Å²) in [4.78, 5) is 14.2. The van der Waals surface area contributed by atoms with Crippen molar-refractivity contribution in [2.75, 3.05) is 19.3 Å². The van der Waals surface area contributed by atoms with Gasteiger partial charge in [-0.25, -0.2) is 17.2 Å². The molecular formula is C24H29F2N3O3S. The summed E-state index contributed by atoms with van der Waals surface area (Å²) in [7, 11) is -3.66. The minimum Gasteiger partial charge on any atom is -0.366 e. The van der Waals surface area contributed by atoms with E-state index in [1.165, 1.54) is 6.07 Å². The van der Waals surface area contributed by atoms with Crippen LogP contribution >= 0.6 is 0 Å². The van der Waals surface area contributed by atoms with Crippen molar-refractivity contribution in [2.24, 2.45) is 5.73 Å². The number of hydrogen-bond acceptors (Lipinski definition) is 4. The molecule has 0 aliphatic carbocycles. The highest BCUT2D eigenvalue weighted by molar-refractivity contribution is 7.88. The highest BCUT2D eigenvalue weighted by Crippen LogP contribution is 2.43. The molecule has 6 nitrogen and oxygen atoms in total. The van der Waals surface area contributed by atoms with E-state index in [0.29, 0.717) is 12.1 Å². The van der Waals surface area contributed by atoms with Gasteiger partial charge in [-0.15, -0.1) is 0 Å². The first-order chi connectivity index (χ1) is 15.6. The molecule has 2 aliphatic rings. The van der Waals surface area contributed by atoms with Crippen molar-refractivity contribution in [3.63, 3.8) is 0 Å². The molecule has 2 aromatic rings. The van der Waals surface area contributed by atoms with Crippen molar-refractivity contribution in [3.05, 3.63) is 70.8 Å². The molecule has 2 fully saturated rings. The van der Waals surface area contributed by atoms with E-state index >= 15 is 0 Å². The lowest BCUT2D eigenvalue weighted by atomic mass is 9.82. The first kappa shape index (κ1) is 23.8. The van der Waals surface area contributed by atoms with Gasteiger partial charge in [0, 0.05) is 42.8 Å². The Morgan fingerprint density at radius 3 is 2.24 bits per heavy atom. The van der Waals surface area contributed by atoms with Gasteiger partial charge < -0.3 is 5.73 Å². The number of primary amides is 1. The summed E-state index contributed by atoms with van der Waals surface area (Å²) >= 11 is 0. The molecule has 2 atom stereocenters. The molecule has 0 spiro atoms. The number of sulfonamides is 1. The van der Waals surface area contributed by atoms with Gasteiger partial charge in [0.2, 0.25) is 15.9 Å². The Morgan fingerprint density at radius 2 is 1.67 bits per heavy atom. The summed E-state index contributed by atoms with van der Waals surface area (Å²) < 4.78 is 54.1. The maximum Gasteiger partial charge on any atom is 0.248 e. The van der Waals surface area contributed by atoms with Crippen LogP contribution in [0, 0.1) is 11.6 Å². The number of carbonyl (C=O) groups excluding carboxylic acids is 1. The molecule has 2 unspecified atom stereocenters. The lowest BCUT2D eigenvalue weighted by Crippen LogP contribution is -2.46. The second-order valence-electron chi connectivity index (χ2n) is 9.04. The second-order valence-corrected chi connectivity index (χ2v) is 11.0. The summed E-state index contributed by atoms with van der Waals surface area (Å²) in [5, 5.41) is 0. The molecule has 2 N–H and O–H groups in total. The number of rotatable bonds is 8. The van der Waals surface area contributed by atoms with Crippen LogP contribution in [0.1, 0.15) is 53.1 Å². The second kappa shape index (κ2) is 9.48. The van der Waals surface area contributed by atoms with Gasteiger partial charge in [-0.2, -0.15) is 4.31 Å². The molecule has 178 valence electrons. The number of piperidine rings is 1. The van der Waals surface area contributed by atoms with Crippen molar-refractivity contribution in [2.45, 2.75) is 50.2 Å². The smallest absolute Gasteiger partial charge is 0.248 e. The predicted molar refractivity (Wildman–Crippen MR) is 122 cm³/mol. The van der Waals surface area contributed by atoms with E-state index in [1.54, 1.807) is 6.07 Å². The number of halogens is 2. The first-order valence-electron chi connectivity index (χ1n) is 11.2. The number of benzene rings is 2. The molecule has 2 saturated heterocycles. The van der Waals surface area contributed by atoms with E-state index in [-0.39, 0.29) is 36.7 Å².